The number of ether oxygens (including phenoxy) is 1. The molecule has 0 heterocycles. The fourth-order valence-corrected chi connectivity index (χ4v) is 2.57. The minimum Gasteiger partial charge on any atom is -0.464 e. The van der Waals surface area contributed by atoms with Gasteiger partial charge in [-0.15, -0.1) is 0 Å². The molecule has 1 atom stereocenters. The van der Waals surface area contributed by atoms with Crippen molar-refractivity contribution >= 4 is 27.6 Å². The summed E-state index contributed by atoms with van der Waals surface area (Å²) in [7, 11) is 0. The molecule has 0 radical (unpaired) electrons. The highest BCUT2D eigenvalue weighted by Gasteiger charge is 2.18. The number of anilines is 1. The fourth-order valence-electron chi connectivity index (χ4n) is 1.88. The summed E-state index contributed by atoms with van der Waals surface area (Å²) >= 11 is 3.46. The third-order valence-corrected chi connectivity index (χ3v) is 3.25. The molecule has 1 unspecified atom stereocenters. The Morgan fingerprint density at radius 2 is 1.89 bits per heavy atom. The summed E-state index contributed by atoms with van der Waals surface area (Å²) in [5, 5.41) is 3.28. The number of nitrogens with one attached hydrogen (secondary N) is 1. The average Bonchev–Trinajstić information content (AvgIpc) is 2.28. The molecule has 0 fully saturated rings. The smallest absolute Gasteiger partial charge is 0.328 e. The summed E-state index contributed by atoms with van der Waals surface area (Å²) in [5.74, 6) is -0.193. The van der Waals surface area contributed by atoms with Crippen LogP contribution in [0.15, 0.2) is 16.6 Å². The molecule has 0 aromatic heterocycles. The van der Waals surface area contributed by atoms with Crippen molar-refractivity contribution in [2.24, 2.45) is 0 Å². The number of carbonyl (C=O) groups excluding carboxylic acids is 1. The van der Waals surface area contributed by atoms with E-state index in [0.29, 0.717) is 13.0 Å². The standard InChI is InChI=1S/C14H20BrNO2/c1-5-12(14(17)18-6-2)16-13-9(3)7-11(15)8-10(13)4/h7-8,12,16H,5-6H2,1-4H3. The Morgan fingerprint density at radius 1 is 1.33 bits per heavy atom. The molecule has 0 aliphatic carbocycles. The van der Waals surface area contributed by atoms with Crippen LogP contribution in [0.5, 0.6) is 0 Å². The van der Waals surface area contributed by atoms with Crippen molar-refractivity contribution in [3.63, 3.8) is 0 Å². The van der Waals surface area contributed by atoms with Crippen LogP contribution in [0.1, 0.15) is 31.4 Å². The molecule has 1 aromatic carbocycles. The third kappa shape index (κ3) is 3.73. The molecule has 0 bridgehead atoms. The lowest BCUT2D eigenvalue weighted by molar-refractivity contribution is -0.144. The van der Waals surface area contributed by atoms with Crippen LogP contribution in [-0.2, 0) is 9.53 Å². The molecule has 1 N–H and O–H groups in total. The number of hydrogen-bond donors (Lipinski definition) is 1. The van der Waals surface area contributed by atoms with Gasteiger partial charge in [0.1, 0.15) is 6.04 Å². The Hall–Kier alpha value is -1.03. The highest BCUT2D eigenvalue weighted by Crippen LogP contribution is 2.26. The summed E-state index contributed by atoms with van der Waals surface area (Å²) < 4.78 is 6.11. The molecular weight excluding hydrogens is 294 g/mol. The molecule has 0 aliphatic rings. The SMILES string of the molecule is CCOC(=O)C(CC)Nc1c(C)cc(Br)cc1C. The van der Waals surface area contributed by atoms with E-state index in [9.17, 15) is 4.79 Å². The van der Waals surface area contributed by atoms with Gasteiger partial charge in [0.2, 0.25) is 0 Å². The van der Waals surface area contributed by atoms with Gasteiger partial charge in [0.05, 0.1) is 6.61 Å². The molecule has 18 heavy (non-hydrogen) atoms. The van der Waals surface area contributed by atoms with E-state index in [1.807, 2.05) is 39.8 Å². The number of benzene rings is 1. The van der Waals surface area contributed by atoms with Crippen LogP contribution in [0.25, 0.3) is 0 Å². The predicted octanol–water partition coefficient (Wildman–Crippen LogP) is 3.82. The van der Waals surface area contributed by atoms with Gasteiger partial charge in [0.15, 0.2) is 0 Å². The molecule has 4 heteroatoms. The Kier molecular flexibility index (Phi) is 5.66. The quantitative estimate of drug-likeness (QED) is 0.840. The fraction of sp³-hybridized carbons (Fsp3) is 0.500. The maximum absolute atomic E-state index is 11.8. The predicted molar refractivity (Wildman–Crippen MR) is 78.0 cm³/mol. The largest absolute Gasteiger partial charge is 0.464 e. The van der Waals surface area contributed by atoms with Gasteiger partial charge < -0.3 is 10.1 Å². The van der Waals surface area contributed by atoms with Crippen LogP contribution in [0.2, 0.25) is 0 Å². The maximum atomic E-state index is 11.8. The summed E-state index contributed by atoms with van der Waals surface area (Å²) in [5.41, 5.74) is 3.24. The van der Waals surface area contributed by atoms with Gasteiger partial charge in [-0.2, -0.15) is 0 Å². The summed E-state index contributed by atoms with van der Waals surface area (Å²) in [6.07, 6.45) is 0.702. The van der Waals surface area contributed by atoms with E-state index >= 15 is 0 Å². The normalized spacial score (nSPS) is 12.1. The Labute approximate surface area is 117 Å². The van der Waals surface area contributed by atoms with Crippen LogP contribution < -0.4 is 5.32 Å². The van der Waals surface area contributed by atoms with Crippen LogP contribution >= 0.6 is 15.9 Å². The van der Waals surface area contributed by atoms with Crippen molar-refractivity contribution in [1.82, 2.24) is 0 Å². The van der Waals surface area contributed by atoms with E-state index in [2.05, 4.69) is 21.2 Å². The van der Waals surface area contributed by atoms with E-state index in [-0.39, 0.29) is 12.0 Å². The lowest BCUT2D eigenvalue weighted by Gasteiger charge is -2.20. The lowest BCUT2D eigenvalue weighted by atomic mass is 10.1. The van der Waals surface area contributed by atoms with Gasteiger partial charge in [-0.05, 0) is 50.5 Å². The van der Waals surface area contributed by atoms with Crippen LogP contribution in [0.3, 0.4) is 0 Å². The van der Waals surface area contributed by atoms with Crippen molar-refractivity contribution in [2.75, 3.05) is 11.9 Å². The van der Waals surface area contributed by atoms with Gasteiger partial charge in [-0.3, -0.25) is 0 Å². The zero-order valence-corrected chi connectivity index (χ0v) is 12.9. The number of esters is 1. The number of aryl methyl sites for hydroxylation is 2. The van der Waals surface area contributed by atoms with Crippen LogP contribution in [0.4, 0.5) is 5.69 Å². The van der Waals surface area contributed by atoms with Gasteiger partial charge in [0.25, 0.3) is 0 Å². The van der Waals surface area contributed by atoms with E-state index < -0.39 is 0 Å². The first-order valence-corrected chi connectivity index (χ1v) is 6.98. The van der Waals surface area contributed by atoms with E-state index in [4.69, 9.17) is 4.74 Å². The van der Waals surface area contributed by atoms with Crippen molar-refractivity contribution < 1.29 is 9.53 Å². The van der Waals surface area contributed by atoms with Crippen molar-refractivity contribution in [1.29, 1.82) is 0 Å². The first-order chi connectivity index (χ1) is 8.49. The van der Waals surface area contributed by atoms with Gasteiger partial charge in [-0.1, -0.05) is 22.9 Å². The average molecular weight is 314 g/mol. The molecular formula is C14H20BrNO2. The Morgan fingerprint density at radius 3 is 2.33 bits per heavy atom. The second-order valence-electron chi connectivity index (χ2n) is 4.27. The molecule has 0 aliphatic heterocycles. The minimum absolute atomic E-state index is 0.193. The van der Waals surface area contributed by atoms with Gasteiger partial charge in [0, 0.05) is 10.2 Å². The van der Waals surface area contributed by atoms with Crippen LogP contribution in [0, 0.1) is 13.8 Å². The number of rotatable bonds is 5. The third-order valence-electron chi connectivity index (χ3n) is 2.80. The second kappa shape index (κ2) is 6.78. The van der Waals surface area contributed by atoms with E-state index in [0.717, 1.165) is 21.3 Å². The van der Waals surface area contributed by atoms with Crippen molar-refractivity contribution in [3.8, 4) is 0 Å². The highest BCUT2D eigenvalue weighted by atomic mass is 79.9. The first-order valence-electron chi connectivity index (χ1n) is 6.19. The second-order valence-corrected chi connectivity index (χ2v) is 5.19. The Balaban J connectivity index is 2.92. The van der Waals surface area contributed by atoms with Crippen LogP contribution in [-0.4, -0.2) is 18.6 Å². The molecule has 3 nitrogen and oxygen atoms in total. The lowest BCUT2D eigenvalue weighted by Crippen LogP contribution is -2.31. The highest BCUT2D eigenvalue weighted by molar-refractivity contribution is 9.10. The van der Waals surface area contributed by atoms with Gasteiger partial charge in [-0.25, -0.2) is 4.79 Å². The zero-order chi connectivity index (χ0) is 13.7. The van der Waals surface area contributed by atoms with E-state index in [1.165, 1.54) is 0 Å². The van der Waals surface area contributed by atoms with Crippen molar-refractivity contribution in [3.05, 3.63) is 27.7 Å². The molecule has 100 valence electrons. The summed E-state index contributed by atoms with van der Waals surface area (Å²) in [4.78, 5) is 11.8. The molecule has 1 aromatic rings. The monoisotopic (exact) mass is 313 g/mol. The first kappa shape index (κ1) is 15.0. The maximum Gasteiger partial charge on any atom is 0.328 e. The summed E-state index contributed by atoms with van der Waals surface area (Å²) in [6.45, 7) is 8.25. The number of carbonyl (C=O) groups is 1. The zero-order valence-electron chi connectivity index (χ0n) is 11.3. The number of hydrogen-bond acceptors (Lipinski definition) is 3. The minimum atomic E-state index is -0.288. The van der Waals surface area contributed by atoms with Gasteiger partial charge >= 0.3 is 5.97 Å². The molecule has 0 spiro atoms. The molecule has 0 amide bonds. The van der Waals surface area contributed by atoms with Crippen molar-refractivity contribution in [2.45, 2.75) is 40.2 Å². The molecule has 0 saturated heterocycles. The Bertz CT molecular complexity index is 409. The topological polar surface area (TPSA) is 38.3 Å². The summed E-state index contributed by atoms with van der Waals surface area (Å²) in [6, 6.07) is 3.78. The molecule has 0 saturated carbocycles. The number of halogens is 1. The van der Waals surface area contributed by atoms with E-state index in [1.54, 1.807) is 0 Å². The molecule has 1 rings (SSSR count).